The van der Waals surface area contributed by atoms with Crippen LogP contribution in [0.15, 0.2) is 24.3 Å². The van der Waals surface area contributed by atoms with E-state index in [4.69, 9.17) is 0 Å². The summed E-state index contributed by atoms with van der Waals surface area (Å²) >= 11 is 1.65. The van der Waals surface area contributed by atoms with Crippen LogP contribution in [0.25, 0.3) is 16.2 Å². The summed E-state index contributed by atoms with van der Waals surface area (Å²) in [6.07, 6.45) is 21.7. The summed E-state index contributed by atoms with van der Waals surface area (Å²) in [5.74, 6) is 3.02. The number of halogens is 1. The zero-order chi connectivity index (χ0) is 21.6. The molecule has 0 saturated heterocycles. The first-order valence-electron chi connectivity index (χ1n) is 13.1. The molecule has 2 aromatic rings. The van der Waals surface area contributed by atoms with Crippen molar-refractivity contribution in [2.75, 3.05) is 0 Å². The molecule has 2 aliphatic rings. The van der Waals surface area contributed by atoms with Gasteiger partial charge in [-0.2, -0.15) is 0 Å². The molecule has 1 aromatic carbocycles. The summed E-state index contributed by atoms with van der Waals surface area (Å²) in [6.45, 7) is 4.58. The molecule has 0 nitrogen and oxygen atoms in total. The SMILES string of the molecule is CCCCC1CCC(c2ccc3cc(/C=C/C4CCC(CCC)CC4)sc3c2F)CC1. The summed E-state index contributed by atoms with van der Waals surface area (Å²) in [5.41, 5.74) is 0.980. The van der Waals surface area contributed by atoms with Gasteiger partial charge in [-0.25, -0.2) is 4.39 Å². The lowest BCUT2D eigenvalue weighted by Crippen LogP contribution is -2.14. The zero-order valence-electron chi connectivity index (χ0n) is 19.7. The molecular formula is C29H41FS. The number of allylic oxidation sites excluding steroid dienone is 1. The number of fused-ring (bicyclic) bond motifs is 1. The number of rotatable bonds is 8. The highest BCUT2D eigenvalue weighted by Crippen LogP contribution is 2.41. The quantitative estimate of drug-likeness (QED) is 0.383. The van der Waals surface area contributed by atoms with Crippen LogP contribution in [0.4, 0.5) is 4.39 Å². The summed E-state index contributed by atoms with van der Waals surface area (Å²) < 4.78 is 16.3. The Morgan fingerprint density at radius 2 is 1.61 bits per heavy atom. The van der Waals surface area contributed by atoms with Gasteiger partial charge in [-0.05, 0) is 98.1 Å². The molecule has 0 spiro atoms. The second-order valence-corrected chi connectivity index (χ2v) is 11.4. The van der Waals surface area contributed by atoms with Gasteiger partial charge in [0.25, 0.3) is 0 Å². The van der Waals surface area contributed by atoms with Gasteiger partial charge < -0.3 is 0 Å². The van der Waals surface area contributed by atoms with E-state index < -0.39 is 0 Å². The summed E-state index contributed by atoms with van der Waals surface area (Å²) in [6, 6.07) is 6.44. The monoisotopic (exact) mass is 440 g/mol. The molecule has 2 saturated carbocycles. The van der Waals surface area contributed by atoms with Crippen LogP contribution in [-0.2, 0) is 0 Å². The number of unbranched alkanes of at least 4 members (excludes halogenated alkanes) is 1. The van der Waals surface area contributed by atoms with Gasteiger partial charge in [0.2, 0.25) is 0 Å². The smallest absolute Gasteiger partial charge is 0.144 e. The predicted molar refractivity (Wildman–Crippen MR) is 135 cm³/mol. The molecule has 0 bridgehead atoms. The van der Waals surface area contributed by atoms with Crippen LogP contribution in [0.3, 0.4) is 0 Å². The fraction of sp³-hybridized carbons (Fsp3) is 0.655. The minimum atomic E-state index is 0.0687. The Balaban J connectivity index is 1.39. The predicted octanol–water partition coefficient (Wildman–Crippen LogP) is 10.1. The van der Waals surface area contributed by atoms with E-state index in [9.17, 15) is 0 Å². The fourth-order valence-electron chi connectivity index (χ4n) is 6.07. The molecule has 1 aromatic heterocycles. The topological polar surface area (TPSA) is 0 Å². The molecule has 1 heterocycles. The molecule has 0 aliphatic heterocycles. The van der Waals surface area contributed by atoms with E-state index in [0.717, 1.165) is 40.3 Å². The lowest BCUT2D eigenvalue weighted by molar-refractivity contribution is 0.295. The molecule has 0 N–H and O–H groups in total. The molecule has 0 amide bonds. The third-order valence-electron chi connectivity index (χ3n) is 8.05. The molecule has 0 radical (unpaired) electrons. The number of hydrogen-bond donors (Lipinski definition) is 0. The van der Waals surface area contributed by atoms with Crippen molar-refractivity contribution in [3.63, 3.8) is 0 Å². The highest BCUT2D eigenvalue weighted by atomic mass is 32.1. The number of benzene rings is 1. The molecular weight excluding hydrogens is 399 g/mol. The summed E-state index contributed by atoms with van der Waals surface area (Å²) in [7, 11) is 0. The summed E-state index contributed by atoms with van der Waals surface area (Å²) in [4.78, 5) is 1.21. The molecule has 2 fully saturated rings. The number of thiophene rings is 1. The second kappa shape index (κ2) is 11.1. The highest BCUT2D eigenvalue weighted by molar-refractivity contribution is 7.19. The van der Waals surface area contributed by atoms with Crippen LogP contribution >= 0.6 is 11.3 Å². The highest BCUT2D eigenvalue weighted by Gasteiger charge is 2.25. The van der Waals surface area contributed by atoms with Crippen LogP contribution in [0, 0.1) is 23.6 Å². The van der Waals surface area contributed by atoms with Crippen molar-refractivity contribution < 1.29 is 4.39 Å². The molecule has 170 valence electrons. The normalized spacial score (nSPS) is 27.3. The van der Waals surface area contributed by atoms with E-state index >= 15 is 4.39 Å². The van der Waals surface area contributed by atoms with Crippen LogP contribution in [0.5, 0.6) is 0 Å². The van der Waals surface area contributed by atoms with E-state index in [1.807, 2.05) is 0 Å². The largest absolute Gasteiger partial charge is 0.205 e. The van der Waals surface area contributed by atoms with Gasteiger partial charge in [0.15, 0.2) is 0 Å². The average molecular weight is 441 g/mol. The van der Waals surface area contributed by atoms with Crippen molar-refractivity contribution in [2.45, 2.75) is 103 Å². The zero-order valence-corrected chi connectivity index (χ0v) is 20.5. The first-order chi connectivity index (χ1) is 15.2. The first kappa shape index (κ1) is 23.0. The summed E-state index contributed by atoms with van der Waals surface area (Å²) in [5, 5.41) is 1.08. The Bertz CT molecular complexity index is 847. The van der Waals surface area contributed by atoms with Crippen molar-refractivity contribution in [2.24, 2.45) is 17.8 Å². The van der Waals surface area contributed by atoms with Crippen molar-refractivity contribution >= 4 is 27.5 Å². The lowest BCUT2D eigenvalue weighted by Gasteiger charge is -2.29. The van der Waals surface area contributed by atoms with Gasteiger partial charge in [-0.3, -0.25) is 0 Å². The van der Waals surface area contributed by atoms with Gasteiger partial charge in [0.05, 0.1) is 4.70 Å². The van der Waals surface area contributed by atoms with E-state index in [0.29, 0.717) is 11.8 Å². The third-order valence-corrected chi connectivity index (χ3v) is 9.16. The Morgan fingerprint density at radius 3 is 2.32 bits per heavy atom. The first-order valence-corrected chi connectivity index (χ1v) is 13.9. The van der Waals surface area contributed by atoms with E-state index in [1.54, 1.807) is 11.3 Å². The van der Waals surface area contributed by atoms with Crippen LogP contribution in [0.2, 0.25) is 0 Å². The molecule has 2 heteroatoms. The van der Waals surface area contributed by atoms with Crippen molar-refractivity contribution in [3.8, 4) is 0 Å². The lowest BCUT2D eigenvalue weighted by atomic mass is 9.77. The van der Waals surface area contributed by atoms with Gasteiger partial charge in [-0.1, -0.05) is 64.2 Å². The molecule has 0 atom stereocenters. The fourth-order valence-corrected chi connectivity index (χ4v) is 7.09. The molecule has 0 unspecified atom stereocenters. The maximum Gasteiger partial charge on any atom is 0.144 e. The molecule has 31 heavy (non-hydrogen) atoms. The van der Waals surface area contributed by atoms with Crippen LogP contribution < -0.4 is 0 Å². The maximum absolute atomic E-state index is 15.5. The Hall–Kier alpha value is -1.15. The second-order valence-electron chi connectivity index (χ2n) is 10.3. The average Bonchev–Trinajstić information content (AvgIpc) is 3.22. The van der Waals surface area contributed by atoms with Crippen LogP contribution in [-0.4, -0.2) is 0 Å². The van der Waals surface area contributed by atoms with Gasteiger partial charge in [-0.15, -0.1) is 11.3 Å². The Morgan fingerprint density at radius 1 is 0.903 bits per heavy atom. The van der Waals surface area contributed by atoms with E-state index in [1.165, 1.54) is 75.5 Å². The molecule has 4 rings (SSSR count). The van der Waals surface area contributed by atoms with E-state index in [2.05, 4.69) is 44.2 Å². The molecule has 2 aliphatic carbocycles. The van der Waals surface area contributed by atoms with Crippen molar-refractivity contribution in [3.05, 3.63) is 40.5 Å². The Labute approximate surface area is 193 Å². The van der Waals surface area contributed by atoms with Crippen molar-refractivity contribution in [1.82, 2.24) is 0 Å². The van der Waals surface area contributed by atoms with Gasteiger partial charge >= 0.3 is 0 Å². The number of hydrogen-bond acceptors (Lipinski definition) is 1. The van der Waals surface area contributed by atoms with Crippen LogP contribution in [0.1, 0.15) is 114 Å². The standard InChI is InChI=1S/C29H41FS/c1-3-5-7-22-12-15-24(16-13-22)27-19-17-25-20-26(31-29(25)28(27)30)18-14-23-10-8-21(6-4-2)9-11-23/h14,17-24H,3-13,15-16H2,1-2H3/b18-14+. The minimum Gasteiger partial charge on any atom is -0.205 e. The Kier molecular flexibility index (Phi) is 8.26. The maximum atomic E-state index is 15.5. The van der Waals surface area contributed by atoms with Crippen molar-refractivity contribution in [1.29, 1.82) is 0 Å². The minimum absolute atomic E-state index is 0.0687. The van der Waals surface area contributed by atoms with Gasteiger partial charge in [0.1, 0.15) is 5.82 Å². The van der Waals surface area contributed by atoms with E-state index in [-0.39, 0.29) is 5.82 Å². The van der Waals surface area contributed by atoms with Gasteiger partial charge in [0, 0.05) is 4.88 Å². The third kappa shape index (κ3) is 5.81.